The minimum Gasteiger partial charge on any atom is -0.356 e. The second kappa shape index (κ2) is 5.05. The van der Waals surface area contributed by atoms with Crippen LogP contribution in [0.2, 0.25) is 0 Å². The topological polar surface area (TPSA) is 60.8 Å². The molecule has 0 aliphatic carbocycles. The summed E-state index contributed by atoms with van der Waals surface area (Å²) in [5, 5.41) is 6.78. The van der Waals surface area contributed by atoms with E-state index in [1.807, 2.05) is 24.3 Å². The van der Waals surface area contributed by atoms with Gasteiger partial charge in [0.25, 0.3) is 0 Å². The van der Waals surface area contributed by atoms with Crippen LogP contribution in [0.1, 0.15) is 5.56 Å². The Bertz CT molecular complexity index is 537. The molecule has 0 unspecified atom stereocenters. The summed E-state index contributed by atoms with van der Waals surface area (Å²) in [4.78, 5) is 2.73. The molecule has 4 heteroatoms. The predicted octanol–water partition coefficient (Wildman–Crippen LogP) is 4.68. The Hall–Kier alpha value is -2.45. The molecule has 2 rings (SSSR count). The van der Waals surface area contributed by atoms with Crippen LogP contribution in [0.4, 0.5) is 17.1 Å². The Morgan fingerprint density at radius 1 is 0.941 bits per heavy atom. The van der Waals surface area contributed by atoms with E-state index in [4.69, 9.17) is 5.53 Å². The van der Waals surface area contributed by atoms with E-state index in [1.54, 1.807) is 12.1 Å². The van der Waals surface area contributed by atoms with Crippen molar-refractivity contribution in [3.8, 4) is 0 Å². The molecule has 0 radical (unpaired) electrons. The van der Waals surface area contributed by atoms with Crippen molar-refractivity contribution in [2.75, 3.05) is 5.32 Å². The summed E-state index contributed by atoms with van der Waals surface area (Å²) in [6.07, 6.45) is 0. The molecule has 0 spiro atoms. The summed E-state index contributed by atoms with van der Waals surface area (Å²) in [6, 6.07) is 15.5. The molecule has 0 aromatic heterocycles. The van der Waals surface area contributed by atoms with Crippen LogP contribution >= 0.6 is 0 Å². The highest BCUT2D eigenvalue weighted by Gasteiger charge is 1.94. The van der Waals surface area contributed by atoms with E-state index in [9.17, 15) is 0 Å². The molecule has 17 heavy (non-hydrogen) atoms. The van der Waals surface area contributed by atoms with Crippen LogP contribution in [0, 0.1) is 6.92 Å². The molecule has 84 valence electrons. The van der Waals surface area contributed by atoms with Crippen LogP contribution < -0.4 is 5.32 Å². The number of benzene rings is 2. The molecule has 2 aromatic carbocycles. The van der Waals surface area contributed by atoms with Crippen molar-refractivity contribution in [1.29, 1.82) is 0 Å². The third kappa shape index (κ3) is 3.00. The number of azide groups is 1. The van der Waals surface area contributed by atoms with Crippen LogP contribution in [0.25, 0.3) is 10.4 Å². The van der Waals surface area contributed by atoms with Crippen LogP contribution in [-0.4, -0.2) is 0 Å². The van der Waals surface area contributed by atoms with Crippen molar-refractivity contribution < 1.29 is 0 Å². The molecule has 0 fully saturated rings. The average molecular weight is 224 g/mol. The van der Waals surface area contributed by atoms with E-state index in [2.05, 4.69) is 34.4 Å². The van der Waals surface area contributed by atoms with Gasteiger partial charge < -0.3 is 5.32 Å². The lowest BCUT2D eigenvalue weighted by atomic mass is 10.2. The molecule has 2 aromatic rings. The van der Waals surface area contributed by atoms with Crippen LogP contribution in [0.15, 0.2) is 53.6 Å². The first-order valence-corrected chi connectivity index (χ1v) is 5.27. The highest BCUT2D eigenvalue weighted by Crippen LogP contribution is 2.20. The fraction of sp³-hybridized carbons (Fsp3) is 0.0769. The van der Waals surface area contributed by atoms with Gasteiger partial charge in [-0.2, -0.15) is 0 Å². The summed E-state index contributed by atoms with van der Waals surface area (Å²) in [6.45, 7) is 2.05. The number of rotatable bonds is 3. The van der Waals surface area contributed by atoms with Crippen molar-refractivity contribution in [1.82, 2.24) is 0 Å². The first-order valence-electron chi connectivity index (χ1n) is 5.27. The number of hydrogen-bond acceptors (Lipinski definition) is 2. The minimum atomic E-state index is 0.613. The van der Waals surface area contributed by atoms with E-state index in [1.165, 1.54) is 5.56 Å². The molecular formula is C13H12N4. The van der Waals surface area contributed by atoms with Gasteiger partial charge in [0.1, 0.15) is 0 Å². The minimum absolute atomic E-state index is 0.613. The summed E-state index contributed by atoms with van der Waals surface area (Å²) in [5.41, 5.74) is 12.1. The second-order valence-corrected chi connectivity index (χ2v) is 3.73. The van der Waals surface area contributed by atoms with Gasteiger partial charge in [0.2, 0.25) is 0 Å². The normalized spacial score (nSPS) is 9.47. The fourth-order valence-electron chi connectivity index (χ4n) is 1.47. The van der Waals surface area contributed by atoms with E-state index in [0.29, 0.717) is 5.69 Å². The maximum Gasteiger partial charge on any atom is 0.0384 e. The largest absolute Gasteiger partial charge is 0.356 e. The number of aryl methyl sites for hydroxylation is 1. The number of nitrogens with zero attached hydrogens (tertiary/aromatic N) is 3. The van der Waals surface area contributed by atoms with E-state index in [-0.39, 0.29) is 0 Å². The van der Waals surface area contributed by atoms with Gasteiger partial charge in [0.05, 0.1) is 0 Å². The first kappa shape index (κ1) is 11.0. The van der Waals surface area contributed by atoms with Gasteiger partial charge in [-0.1, -0.05) is 34.9 Å². The Balaban J connectivity index is 2.13. The molecule has 0 aliphatic rings. The van der Waals surface area contributed by atoms with Gasteiger partial charge in [-0.3, -0.25) is 0 Å². The van der Waals surface area contributed by atoms with Crippen molar-refractivity contribution in [3.05, 3.63) is 64.5 Å². The average Bonchev–Trinajstić information content (AvgIpc) is 2.35. The summed E-state index contributed by atoms with van der Waals surface area (Å²) >= 11 is 0. The van der Waals surface area contributed by atoms with Gasteiger partial charge in [0.15, 0.2) is 0 Å². The zero-order valence-corrected chi connectivity index (χ0v) is 9.46. The van der Waals surface area contributed by atoms with Crippen molar-refractivity contribution in [3.63, 3.8) is 0 Å². The molecule has 0 amide bonds. The van der Waals surface area contributed by atoms with E-state index >= 15 is 0 Å². The van der Waals surface area contributed by atoms with Crippen molar-refractivity contribution >= 4 is 17.1 Å². The fourth-order valence-corrected chi connectivity index (χ4v) is 1.47. The lowest BCUT2D eigenvalue weighted by molar-refractivity contribution is 1.44. The zero-order chi connectivity index (χ0) is 12.1. The number of nitrogens with one attached hydrogen (secondary N) is 1. The molecule has 0 bridgehead atoms. The second-order valence-electron chi connectivity index (χ2n) is 3.73. The molecular weight excluding hydrogens is 212 g/mol. The molecule has 1 N–H and O–H groups in total. The Labute approximate surface area is 99.5 Å². The Morgan fingerprint density at radius 2 is 1.47 bits per heavy atom. The smallest absolute Gasteiger partial charge is 0.0384 e. The Kier molecular flexibility index (Phi) is 3.28. The third-order valence-corrected chi connectivity index (χ3v) is 2.37. The van der Waals surface area contributed by atoms with Crippen molar-refractivity contribution in [2.45, 2.75) is 6.92 Å². The van der Waals surface area contributed by atoms with Crippen LogP contribution in [-0.2, 0) is 0 Å². The molecule has 0 heterocycles. The SMILES string of the molecule is Cc1ccc(Nc2ccc(N=[N+]=[N-])cc2)cc1. The van der Waals surface area contributed by atoms with Gasteiger partial charge in [-0.15, -0.1) is 0 Å². The highest BCUT2D eigenvalue weighted by atomic mass is 15.1. The number of hydrogen-bond donors (Lipinski definition) is 1. The predicted molar refractivity (Wildman–Crippen MR) is 69.7 cm³/mol. The first-order chi connectivity index (χ1) is 8.28. The molecule has 4 nitrogen and oxygen atoms in total. The van der Waals surface area contributed by atoms with Gasteiger partial charge in [-0.05, 0) is 36.7 Å². The Morgan fingerprint density at radius 3 is 2.00 bits per heavy atom. The third-order valence-electron chi connectivity index (χ3n) is 2.37. The van der Waals surface area contributed by atoms with Crippen LogP contribution in [0.5, 0.6) is 0 Å². The van der Waals surface area contributed by atoms with Gasteiger partial charge in [-0.25, -0.2) is 0 Å². The van der Waals surface area contributed by atoms with E-state index < -0.39 is 0 Å². The van der Waals surface area contributed by atoms with E-state index in [0.717, 1.165) is 11.4 Å². The quantitative estimate of drug-likeness (QED) is 0.459. The molecule has 0 aliphatic heterocycles. The monoisotopic (exact) mass is 224 g/mol. The molecule has 0 saturated heterocycles. The zero-order valence-electron chi connectivity index (χ0n) is 9.46. The maximum atomic E-state index is 8.29. The lowest BCUT2D eigenvalue weighted by Gasteiger charge is -2.06. The van der Waals surface area contributed by atoms with Crippen molar-refractivity contribution in [2.24, 2.45) is 5.11 Å². The number of anilines is 2. The van der Waals surface area contributed by atoms with Crippen LogP contribution in [0.3, 0.4) is 0 Å². The summed E-state index contributed by atoms with van der Waals surface area (Å²) in [5.74, 6) is 0. The summed E-state index contributed by atoms with van der Waals surface area (Å²) < 4.78 is 0. The van der Waals surface area contributed by atoms with Gasteiger partial charge >= 0.3 is 0 Å². The van der Waals surface area contributed by atoms with Gasteiger partial charge in [0, 0.05) is 22.0 Å². The maximum absolute atomic E-state index is 8.29. The highest BCUT2D eigenvalue weighted by molar-refractivity contribution is 5.61. The summed E-state index contributed by atoms with van der Waals surface area (Å²) in [7, 11) is 0. The molecule has 0 atom stereocenters. The standard InChI is InChI=1S/C13H12N4/c1-10-2-4-11(5-3-10)15-12-6-8-13(9-7-12)16-17-14/h2-9,15H,1H3. The molecule has 0 saturated carbocycles. The lowest BCUT2D eigenvalue weighted by Crippen LogP contribution is -1.89.